The van der Waals surface area contributed by atoms with Crippen LogP contribution in [0.3, 0.4) is 0 Å². The van der Waals surface area contributed by atoms with Crippen molar-refractivity contribution in [3.8, 4) is 11.4 Å². The molecule has 1 aromatic heterocycles. The van der Waals surface area contributed by atoms with E-state index in [4.69, 9.17) is 5.73 Å². The molecule has 176 valence electrons. The van der Waals surface area contributed by atoms with Crippen LogP contribution >= 0.6 is 11.8 Å². The molecule has 0 saturated carbocycles. The largest absolute Gasteiger partial charge is 0.370 e. The van der Waals surface area contributed by atoms with Crippen LogP contribution in [0.5, 0.6) is 0 Å². The highest BCUT2D eigenvalue weighted by atomic mass is 32.2. The number of aromatic nitrogens is 3. The van der Waals surface area contributed by atoms with E-state index in [0.29, 0.717) is 41.9 Å². The van der Waals surface area contributed by atoms with E-state index in [0.717, 1.165) is 6.42 Å². The Hall–Kier alpha value is -2.69. The number of carbonyl (C=O) groups is 1. The van der Waals surface area contributed by atoms with Crippen molar-refractivity contribution >= 4 is 27.7 Å². The zero-order valence-electron chi connectivity index (χ0n) is 18.8. The molecule has 0 radical (unpaired) electrons. The lowest BCUT2D eigenvalue weighted by molar-refractivity contribution is -0.117. The molecule has 0 bridgehead atoms. The van der Waals surface area contributed by atoms with Gasteiger partial charge in [0, 0.05) is 37.4 Å². The molecule has 0 saturated heterocycles. The van der Waals surface area contributed by atoms with Gasteiger partial charge in [0.2, 0.25) is 15.9 Å². The summed E-state index contributed by atoms with van der Waals surface area (Å²) in [6, 6.07) is 16.9. The van der Waals surface area contributed by atoms with Crippen LogP contribution in [-0.4, -0.2) is 52.2 Å². The van der Waals surface area contributed by atoms with Crippen molar-refractivity contribution in [3.63, 3.8) is 0 Å². The topological polar surface area (TPSA) is 111 Å². The Kier molecular flexibility index (Phi) is 8.65. The molecule has 33 heavy (non-hydrogen) atoms. The molecule has 0 aliphatic carbocycles. The SMILES string of the molecule is CCN(CC)S(=O)(=O)c1cccc(-c2nnc(SCCC(N)=O)n2CCc2ccccc2)c1. The minimum Gasteiger partial charge on any atom is -0.370 e. The van der Waals surface area contributed by atoms with Gasteiger partial charge in [0.1, 0.15) is 0 Å². The number of primary amides is 1. The molecule has 0 unspecified atom stereocenters. The molecule has 2 aromatic carbocycles. The van der Waals surface area contributed by atoms with Gasteiger partial charge in [-0.3, -0.25) is 4.79 Å². The summed E-state index contributed by atoms with van der Waals surface area (Å²) in [5, 5.41) is 9.36. The number of aryl methyl sites for hydroxylation is 1. The van der Waals surface area contributed by atoms with Gasteiger partial charge in [-0.1, -0.05) is 68.1 Å². The van der Waals surface area contributed by atoms with Crippen LogP contribution in [0.2, 0.25) is 0 Å². The van der Waals surface area contributed by atoms with Gasteiger partial charge in [-0.25, -0.2) is 8.42 Å². The molecule has 0 aliphatic rings. The Balaban J connectivity index is 1.96. The number of thioether (sulfide) groups is 1. The quantitative estimate of drug-likeness (QED) is 0.393. The second-order valence-electron chi connectivity index (χ2n) is 7.38. The highest BCUT2D eigenvalue weighted by Crippen LogP contribution is 2.27. The summed E-state index contributed by atoms with van der Waals surface area (Å²) in [5.74, 6) is 0.714. The maximum Gasteiger partial charge on any atom is 0.243 e. The summed E-state index contributed by atoms with van der Waals surface area (Å²) in [4.78, 5) is 11.4. The average Bonchev–Trinajstić information content (AvgIpc) is 3.21. The van der Waals surface area contributed by atoms with Crippen molar-refractivity contribution in [1.82, 2.24) is 19.1 Å². The van der Waals surface area contributed by atoms with Crippen molar-refractivity contribution in [2.45, 2.75) is 43.3 Å². The summed E-state index contributed by atoms with van der Waals surface area (Å²) in [7, 11) is -3.60. The zero-order valence-corrected chi connectivity index (χ0v) is 20.5. The highest BCUT2D eigenvalue weighted by molar-refractivity contribution is 7.99. The molecule has 3 aromatic rings. The Morgan fingerprint density at radius 2 is 1.79 bits per heavy atom. The summed E-state index contributed by atoms with van der Waals surface area (Å²) in [6.07, 6.45) is 0.996. The Labute approximate surface area is 199 Å². The number of amides is 1. The van der Waals surface area contributed by atoms with E-state index in [9.17, 15) is 13.2 Å². The van der Waals surface area contributed by atoms with E-state index >= 15 is 0 Å². The van der Waals surface area contributed by atoms with Gasteiger partial charge in [0.15, 0.2) is 11.0 Å². The number of rotatable bonds is 12. The van der Waals surface area contributed by atoms with E-state index in [1.54, 1.807) is 18.2 Å². The Bertz CT molecular complexity index is 1180. The molecular formula is C23H29N5O3S2. The predicted molar refractivity (Wildman–Crippen MR) is 130 cm³/mol. The fourth-order valence-electron chi connectivity index (χ4n) is 3.45. The first kappa shape index (κ1) is 24.9. The molecule has 1 amide bonds. The van der Waals surface area contributed by atoms with Crippen molar-refractivity contribution in [2.75, 3.05) is 18.8 Å². The summed E-state index contributed by atoms with van der Waals surface area (Å²) in [6.45, 7) is 5.05. The summed E-state index contributed by atoms with van der Waals surface area (Å²) in [5.41, 5.74) is 7.12. The van der Waals surface area contributed by atoms with Crippen LogP contribution in [0.4, 0.5) is 0 Å². The first-order valence-corrected chi connectivity index (χ1v) is 13.3. The molecule has 0 aliphatic heterocycles. The molecular weight excluding hydrogens is 458 g/mol. The van der Waals surface area contributed by atoms with E-state index < -0.39 is 10.0 Å². The first-order chi connectivity index (χ1) is 15.9. The Morgan fingerprint density at radius 3 is 2.45 bits per heavy atom. The smallest absolute Gasteiger partial charge is 0.243 e. The zero-order chi connectivity index (χ0) is 23.8. The van der Waals surface area contributed by atoms with Gasteiger partial charge in [-0.2, -0.15) is 4.31 Å². The van der Waals surface area contributed by atoms with Crippen LogP contribution in [0.25, 0.3) is 11.4 Å². The van der Waals surface area contributed by atoms with E-state index in [2.05, 4.69) is 22.3 Å². The number of nitrogens with two attached hydrogens (primary N) is 1. The second-order valence-corrected chi connectivity index (χ2v) is 10.4. The maximum absolute atomic E-state index is 13.0. The van der Waals surface area contributed by atoms with Crippen LogP contribution < -0.4 is 5.73 Å². The molecule has 3 rings (SSSR count). The second kappa shape index (κ2) is 11.4. The lowest BCUT2D eigenvalue weighted by Gasteiger charge is -2.19. The molecule has 8 nitrogen and oxygen atoms in total. The molecule has 1 heterocycles. The lowest BCUT2D eigenvalue weighted by atomic mass is 10.1. The first-order valence-electron chi connectivity index (χ1n) is 10.9. The minimum absolute atomic E-state index is 0.226. The van der Waals surface area contributed by atoms with Gasteiger partial charge < -0.3 is 10.3 Å². The molecule has 2 N–H and O–H groups in total. The van der Waals surface area contributed by atoms with Gasteiger partial charge >= 0.3 is 0 Å². The van der Waals surface area contributed by atoms with Gasteiger partial charge in [-0.15, -0.1) is 10.2 Å². The molecule has 0 atom stereocenters. The van der Waals surface area contributed by atoms with Crippen molar-refractivity contribution < 1.29 is 13.2 Å². The van der Waals surface area contributed by atoms with Crippen molar-refractivity contribution in [2.24, 2.45) is 5.73 Å². The van der Waals surface area contributed by atoms with Crippen LogP contribution in [0.1, 0.15) is 25.8 Å². The third kappa shape index (κ3) is 6.21. The normalized spacial score (nSPS) is 11.7. The predicted octanol–water partition coefficient (Wildman–Crippen LogP) is 3.19. The number of nitrogens with zero attached hydrogens (tertiary/aromatic N) is 4. The third-order valence-electron chi connectivity index (χ3n) is 5.20. The summed E-state index contributed by atoms with van der Waals surface area (Å²) < 4.78 is 29.4. The molecule has 10 heteroatoms. The fourth-order valence-corrected chi connectivity index (χ4v) is 5.87. The van der Waals surface area contributed by atoms with Crippen molar-refractivity contribution in [1.29, 1.82) is 0 Å². The number of hydrogen-bond acceptors (Lipinski definition) is 6. The average molecular weight is 488 g/mol. The van der Waals surface area contributed by atoms with Crippen LogP contribution in [-0.2, 0) is 27.8 Å². The number of carbonyl (C=O) groups excluding carboxylic acids is 1. The van der Waals surface area contributed by atoms with E-state index in [1.165, 1.54) is 21.6 Å². The van der Waals surface area contributed by atoms with Gasteiger partial charge in [0.05, 0.1) is 4.90 Å². The Morgan fingerprint density at radius 1 is 1.06 bits per heavy atom. The number of benzene rings is 2. The fraction of sp³-hybridized carbons (Fsp3) is 0.348. The minimum atomic E-state index is -3.60. The number of hydrogen-bond donors (Lipinski definition) is 1. The van der Waals surface area contributed by atoms with Gasteiger partial charge in [-0.05, 0) is 24.1 Å². The van der Waals surface area contributed by atoms with Crippen molar-refractivity contribution in [3.05, 3.63) is 60.2 Å². The van der Waals surface area contributed by atoms with E-state index in [-0.39, 0.29) is 17.2 Å². The lowest BCUT2D eigenvalue weighted by Crippen LogP contribution is -2.30. The maximum atomic E-state index is 13.0. The van der Waals surface area contributed by atoms with E-state index in [1.807, 2.05) is 42.7 Å². The van der Waals surface area contributed by atoms with Crippen LogP contribution in [0.15, 0.2) is 64.6 Å². The summed E-state index contributed by atoms with van der Waals surface area (Å²) >= 11 is 1.41. The molecule has 0 fully saturated rings. The monoisotopic (exact) mass is 487 g/mol. The van der Waals surface area contributed by atoms with Crippen LogP contribution in [0, 0.1) is 0 Å². The molecule has 0 spiro atoms. The third-order valence-corrected chi connectivity index (χ3v) is 8.21. The van der Waals surface area contributed by atoms with Gasteiger partial charge in [0.25, 0.3) is 0 Å². The highest BCUT2D eigenvalue weighted by Gasteiger charge is 2.23. The number of sulfonamides is 1. The standard InChI is InChI=1S/C23H29N5O3S2/c1-3-27(4-2)33(30,31)20-12-8-11-19(17-20)22-25-26-23(32-16-14-21(24)29)28(22)15-13-18-9-6-5-7-10-18/h5-12,17H,3-4,13-16H2,1-2H3,(H2,24,29).